The number of hydrazine groups is 1. The normalized spacial score (nSPS) is 27.6. The first kappa shape index (κ1) is 12.5. The summed E-state index contributed by atoms with van der Waals surface area (Å²) >= 11 is 0. The molecular formula is C12H20N2O3. The third-order valence-corrected chi connectivity index (χ3v) is 3.47. The molecule has 96 valence electrons. The lowest BCUT2D eigenvalue weighted by Gasteiger charge is -2.33. The van der Waals surface area contributed by atoms with E-state index in [0.29, 0.717) is 19.4 Å². The summed E-state index contributed by atoms with van der Waals surface area (Å²) in [5.41, 5.74) is 0. The van der Waals surface area contributed by atoms with Gasteiger partial charge in [0.25, 0.3) is 0 Å². The number of imide groups is 1. The molecule has 0 bridgehead atoms. The maximum Gasteiger partial charge on any atom is 0.243 e. The van der Waals surface area contributed by atoms with Crippen LogP contribution >= 0.6 is 0 Å². The molecule has 0 aromatic rings. The summed E-state index contributed by atoms with van der Waals surface area (Å²) in [6, 6.07) is 0.172. The first-order valence-electron chi connectivity index (χ1n) is 6.35. The highest BCUT2D eigenvalue weighted by Crippen LogP contribution is 2.23. The molecule has 17 heavy (non-hydrogen) atoms. The fourth-order valence-electron chi connectivity index (χ4n) is 2.64. The molecule has 2 saturated heterocycles. The summed E-state index contributed by atoms with van der Waals surface area (Å²) in [5.74, 6) is -0.0917. The van der Waals surface area contributed by atoms with E-state index < -0.39 is 0 Å². The van der Waals surface area contributed by atoms with Crippen LogP contribution in [0.4, 0.5) is 0 Å². The molecule has 0 aliphatic carbocycles. The van der Waals surface area contributed by atoms with Gasteiger partial charge in [0.1, 0.15) is 0 Å². The van der Waals surface area contributed by atoms with Crippen LogP contribution in [0.2, 0.25) is 0 Å². The zero-order valence-electron chi connectivity index (χ0n) is 10.4. The van der Waals surface area contributed by atoms with Crippen molar-refractivity contribution in [1.82, 2.24) is 10.0 Å². The number of rotatable bonds is 3. The third-order valence-electron chi connectivity index (χ3n) is 3.47. The van der Waals surface area contributed by atoms with Gasteiger partial charge in [-0.3, -0.25) is 9.59 Å². The van der Waals surface area contributed by atoms with E-state index in [1.807, 2.05) is 5.01 Å². The lowest BCUT2D eigenvalue weighted by atomic mass is 10.2. The number of methoxy groups -OCH3 is 1. The Labute approximate surface area is 102 Å². The van der Waals surface area contributed by atoms with Crippen LogP contribution in [0.15, 0.2) is 0 Å². The van der Waals surface area contributed by atoms with Gasteiger partial charge >= 0.3 is 0 Å². The fraction of sp³-hybridized carbons (Fsp3) is 0.833. The van der Waals surface area contributed by atoms with Crippen molar-refractivity contribution in [2.75, 3.05) is 20.3 Å². The zero-order chi connectivity index (χ0) is 12.3. The molecule has 1 atom stereocenters. The second-order valence-electron chi connectivity index (χ2n) is 4.72. The molecule has 0 unspecified atom stereocenters. The van der Waals surface area contributed by atoms with Crippen molar-refractivity contribution in [2.45, 2.75) is 44.6 Å². The van der Waals surface area contributed by atoms with E-state index in [1.165, 1.54) is 5.01 Å². The van der Waals surface area contributed by atoms with Gasteiger partial charge < -0.3 is 4.74 Å². The van der Waals surface area contributed by atoms with Gasteiger partial charge in [-0.2, -0.15) is 0 Å². The highest BCUT2D eigenvalue weighted by atomic mass is 16.5. The Kier molecular flexibility index (Phi) is 4.12. The topological polar surface area (TPSA) is 49.9 Å². The number of ether oxygens (including phenoxy) is 1. The van der Waals surface area contributed by atoms with Gasteiger partial charge in [-0.25, -0.2) is 10.0 Å². The maximum atomic E-state index is 12.0. The van der Waals surface area contributed by atoms with Crippen molar-refractivity contribution in [3.63, 3.8) is 0 Å². The van der Waals surface area contributed by atoms with Crippen molar-refractivity contribution in [3.05, 3.63) is 0 Å². The Hall–Kier alpha value is -0.940. The fourth-order valence-corrected chi connectivity index (χ4v) is 2.64. The zero-order valence-corrected chi connectivity index (χ0v) is 10.4. The van der Waals surface area contributed by atoms with E-state index in [0.717, 1.165) is 32.2 Å². The second kappa shape index (κ2) is 5.60. The molecule has 2 amide bonds. The molecule has 0 spiro atoms. The molecule has 0 radical (unpaired) electrons. The molecule has 2 rings (SSSR count). The lowest BCUT2D eigenvalue weighted by molar-refractivity contribution is -0.166. The molecule has 0 aromatic carbocycles. The summed E-state index contributed by atoms with van der Waals surface area (Å²) in [6.07, 6.45) is 4.63. The Balaban J connectivity index is 2.11. The van der Waals surface area contributed by atoms with Crippen LogP contribution in [0.3, 0.4) is 0 Å². The second-order valence-corrected chi connectivity index (χ2v) is 4.72. The average Bonchev–Trinajstić information content (AvgIpc) is 2.67. The van der Waals surface area contributed by atoms with Gasteiger partial charge in [0.2, 0.25) is 11.8 Å². The quantitative estimate of drug-likeness (QED) is 0.689. The number of nitrogens with zero attached hydrogens (tertiary/aromatic N) is 2. The van der Waals surface area contributed by atoms with Crippen molar-refractivity contribution >= 4 is 11.8 Å². The predicted octanol–water partition coefficient (Wildman–Crippen LogP) is 0.941. The number of hydrogen-bond acceptors (Lipinski definition) is 4. The maximum absolute atomic E-state index is 12.0. The number of carbonyl (C=O) groups excluding carboxylic acids is 2. The Morgan fingerprint density at radius 1 is 1.18 bits per heavy atom. The molecule has 0 saturated carbocycles. The van der Waals surface area contributed by atoms with Crippen molar-refractivity contribution in [3.8, 4) is 0 Å². The lowest BCUT2D eigenvalue weighted by Crippen LogP contribution is -2.52. The Morgan fingerprint density at radius 2 is 1.82 bits per heavy atom. The minimum Gasteiger partial charge on any atom is -0.383 e. The van der Waals surface area contributed by atoms with Gasteiger partial charge in [0.15, 0.2) is 0 Å². The van der Waals surface area contributed by atoms with Gasteiger partial charge in [0.05, 0.1) is 12.6 Å². The summed E-state index contributed by atoms with van der Waals surface area (Å²) in [7, 11) is 1.66. The highest BCUT2D eigenvalue weighted by molar-refractivity contribution is 5.95. The van der Waals surface area contributed by atoms with Gasteiger partial charge in [-0.05, 0) is 25.7 Å². The number of carbonyl (C=O) groups is 2. The standard InChI is InChI=1S/C12H20N2O3/c1-17-9-10-5-4-8-13(10)14-11(15)6-2-3-7-12(14)16/h10H,2-9H2,1H3/t10-/m0/s1. The summed E-state index contributed by atoms with van der Waals surface area (Å²) in [6.45, 7) is 1.36. The monoisotopic (exact) mass is 240 g/mol. The first-order chi connectivity index (χ1) is 8.24. The van der Waals surface area contributed by atoms with Gasteiger partial charge in [-0.15, -0.1) is 0 Å². The SMILES string of the molecule is COC[C@@H]1CCCN1N1C(=O)CCCCC1=O. The molecule has 0 aromatic heterocycles. The summed E-state index contributed by atoms with van der Waals surface area (Å²) < 4.78 is 5.16. The van der Waals surface area contributed by atoms with E-state index in [4.69, 9.17) is 4.74 Å². The van der Waals surface area contributed by atoms with Crippen molar-refractivity contribution in [1.29, 1.82) is 0 Å². The van der Waals surface area contributed by atoms with Crippen LogP contribution in [-0.2, 0) is 14.3 Å². The number of hydrogen-bond donors (Lipinski definition) is 0. The van der Waals surface area contributed by atoms with E-state index in [9.17, 15) is 9.59 Å². The molecule has 2 aliphatic heterocycles. The van der Waals surface area contributed by atoms with Crippen LogP contribution in [0.25, 0.3) is 0 Å². The largest absolute Gasteiger partial charge is 0.383 e. The van der Waals surface area contributed by atoms with Crippen LogP contribution in [0, 0.1) is 0 Å². The van der Waals surface area contributed by atoms with E-state index >= 15 is 0 Å². The number of amides is 2. The molecule has 2 aliphatic rings. The Bertz CT molecular complexity index is 288. The van der Waals surface area contributed by atoms with Crippen LogP contribution in [-0.4, -0.2) is 48.1 Å². The summed E-state index contributed by atoms with van der Waals surface area (Å²) in [5, 5.41) is 3.31. The van der Waals surface area contributed by atoms with Gasteiger partial charge in [0, 0.05) is 26.5 Å². The Morgan fingerprint density at radius 3 is 2.41 bits per heavy atom. The van der Waals surface area contributed by atoms with E-state index in [1.54, 1.807) is 7.11 Å². The molecular weight excluding hydrogens is 220 g/mol. The van der Waals surface area contributed by atoms with Crippen molar-refractivity contribution < 1.29 is 14.3 Å². The summed E-state index contributed by atoms with van der Waals surface area (Å²) in [4.78, 5) is 24.0. The minimum atomic E-state index is -0.0458. The molecule has 2 heterocycles. The molecule has 0 N–H and O–H groups in total. The van der Waals surface area contributed by atoms with E-state index in [2.05, 4.69) is 0 Å². The smallest absolute Gasteiger partial charge is 0.243 e. The van der Waals surface area contributed by atoms with Crippen LogP contribution in [0.1, 0.15) is 38.5 Å². The van der Waals surface area contributed by atoms with E-state index in [-0.39, 0.29) is 17.9 Å². The third kappa shape index (κ3) is 2.66. The average molecular weight is 240 g/mol. The van der Waals surface area contributed by atoms with Crippen LogP contribution < -0.4 is 0 Å². The molecule has 5 heteroatoms. The van der Waals surface area contributed by atoms with Gasteiger partial charge in [-0.1, -0.05) is 0 Å². The molecule has 2 fully saturated rings. The first-order valence-corrected chi connectivity index (χ1v) is 6.35. The predicted molar refractivity (Wildman–Crippen MR) is 61.9 cm³/mol. The van der Waals surface area contributed by atoms with Crippen LogP contribution in [0.5, 0.6) is 0 Å². The minimum absolute atomic E-state index is 0.0458. The van der Waals surface area contributed by atoms with Crippen molar-refractivity contribution in [2.24, 2.45) is 0 Å². The molecule has 5 nitrogen and oxygen atoms in total. The highest BCUT2D eigenvalue weighted by Gasteiger charge is 2.36.